The van der Waals surface area contributed by atoms with Crippen molar-refractivity contribution in [1.82, 2.24) is 5.32 Å². The molecule has 1 aliphatic rings. The first kappa shape index (κ1) is 11.4. The van der Waals surface area contributed by atoms with E-state index in [2.05, 4.69) is 11.2 Å². The van der Waals surface area contributed by atoms with Crippen LogP contribution in [0.2, 0.25) is 0 Å². The number of rotatable bonds is 3. The van der Waals surface area contributed by atoms with Crippen LogP contribution >= 0.6 is 11.8 Å². The quantitative estimate of drug-likeness (QED) is 0.685. The predicted octanol–water partition coefficient (Wildman–Crippen LogP) is 0.948. The fourth-order valence-corrected chi connectivity index (χ4v) is 3.01. The first-order valence-corrected chi connectivity index (χ1v) is 5.72. The second-order valence-corrected chi connectivity index (χ2v) is 4.90. The van der Waals surface area contributed by atoms with Crippen molar-refractivity contribution < 1.29 is 9.90 Å². The van der Waals surface area contributed by atoms with Crippen molar-refractivity contribution in [2.24, 2.45) is 0 Å². The van der Waals surface area contributed by atoms with Gasteiger partial charge >= 0.3 is 5.97 Å². The zero-order valence-corrected chi connectivity index (χ0v) is 9.06. The maximum atomic E-state index is 11.2. The molecule has 1 aliphatic heterocycles. The van der Waals surface area contributed by atoms with Crippen molar-refractivity contribution in [1.29, 1.82) is 0 Å². The number of hydrogen-bond acceptors (Lipinski definition) is 3. The van der Waals surface area contributed by atoms with Gasteiger partial charge in [-0.25, -0.2) is 0 Å². The summed E-state index contributed by atoms with van der Waals surface area (Å²) in [4.78, 5) is 11.2. The number of hydrogen-bond donors (Lipinski definition) is 2. The maximum absolute atomic E-state index is 11.2. The van der Waals surface area contributed by atoms with Gasteiger partial charge in [0.15, 0.2) is 0 Å². The molecule has 14 heavy (non-hydrogen) atoms. The minimum Gasteiger partial charge on any atom is -0.480 e. The van der Waals surface area contributed by atoms with Crippen LogP contribution in [0.1, 0.15) is 19.8 Å². The molecule has 2 unspecified atom stereocenters. The standard InChI is InChI=1S/C10H15NO2S/c1-3-6-11-10(9(12)13)5-4-7-14-8(10)2/h1,8,11H,4-7H2,2H3,(H,12,13). The highest BCUT2D eigenvalue weighted by molar-refractivity contribution is 8.00. The molecule has 1 rings (SSSR count). The molecule has 1 heterocycles. The molecule has 0 saturated carbocycles. The smallest absolute Gasteiger partial charge is 0.325 e. The van der Waals surface area contributed by atoms with E-state index in [1.165, 1.54) is 0 Å². The SMILES string of the molecule is C#CCNC1(C(=O)O)CCCSC1C. The van der Waals surface area contributed by atoms with Gasteiger partial charge in [-0.3, -0.25) is 10.1 Å². The zero-order valence-electron chi connectivity index (χ0n) is 8.25. The Labute approximate surface area is 88.6 Å². The molecule has 1 saturated heterocycles. The summed E-state index contributed by atoms with van der Waals surface area (Å²) < 4.78 is 0. The Morgan fingerprint density at radius 1 is 1.86 bits per heavy atom. The van der Waals surface area contributed by atoms with Crippen LogP contribution in [0.3, 0.4) is 0 Å². The van der Waals surface area contributed by atoms with Gasteiger partial charge in [-0.05, 0) is 18.6 Å². The van der Waals surface area contributed by atoms with Gasteiger partial charge in [0.05, 0.1) is 6.54 Å². The Hall–Kier alpha value is -0.660. The van der Waals surface area contributed by atoms with Crippen LogP contribution in [0.5, 0.6) is 0 Å². The zero-order chi connectivity index (χ0) is 10.6. The van der Waals surface area contributed by atoms with Crippen LogP contribution in [0.25, 0.3) is 0 Å². The van der Waals surface area contributed by atoms with Crippen LogP contribution in [-0.2, 0) is 4.79 Å². The van der Waals surface area contributed by atoms with Crippen molar-refractivity contribution in [3.05, 3.63) is 0 Å². The van der Waals surface area contributed by atoms with Crippen molar-refractivity contribution in [3.63, 3.8) is 0 Å². The third-order valence-electron chi connectivity index (χ3n) is 2.66. The first-order chi connectivity index (χ1) is 6.63. The Balaban J connectivity index is 2.79. The number of carboxylic acid groups (broad SMARTS) is 1. The van der Waals surface area contributed by atoms with Gasteiger partial charge in [0.1, 0.15) is 5.54 Å². The second kappa shape index (κ2) is 4.72. The van der Waals surface area contributed by atoms with E-state index in [1.807, 2.05) is 6.92 Å². The van der Waals surface area contributed by atoms with Crippen molar-refractivity contribution in [2.45, 2.75) is 30.6 Å². The van der Waals surface area contributed by atoms with Gasteiger partial charge in [-0.15, -0.1) is 6.42 Å². The normalized spacial score (nSPS) is 32.1. The molecule has 0 bridgehead atoms. The van der Waals surface area contributed by atoms with Crippen LogP contribution in [0.4, 0.5) is 0 Å². The third-order valence-corrected chi connectivity index (χ3v) is 4.09. The van der Waals surface area contributed by atoms with E-state index in [-0.39, 0.29) is 5.25 Å². The molecule has 3 nitrogen and oxygen atoms in total. The number of nitrogens with one attached hydrogen (secondary N) is 1. The van der Waals surface area contributed by atoms with Gasteiger partial charge < -0.3 is 5.11 Å². The lowest BCUT2D eigenvalue weighted by Gasteiger charge is -2.38. The highest BCUT2D eigenvalue weighted by Crippen LogP contribution is 2.34. The molecule has 1 fully saturated rings. The summed E-state index contributed by atoms with van der Waals surface area (Å²) in [5, 5.41) is 12.3. The van der Waals surface area contributed by atoms with E-state index >= 15 is 0 Å². The molecule has 0 aliphatic carbocycles. The average Bonchev–Trinajstić information content (AvgIpc) is 2.16. The fourth-order valence-electron chi connectivity index (χ4n) is 1.75. The monoisotopic (exact) mass is 213 g/mol. The Morgan fingerprint density at radius 2 is 2.57 bits per heavy atom. The van der Waals surface area contributed by atoms with Crippen LogP contribution in [-0.4, -0.2) is 34.2 Å². The Bertz CT molecular complexity index is 261. The van der Waals surface area contributed by atoms with Crippen LogP contribution < -0.4 is 5.32 Å². The van der Waals surface area contributed by atoms with E-state index in [0.717, 1.165) is 12.2 Å². The van der Waals surface area contributed by atoms with E-state index in [0.29, 0.717) is 13.0 Å². The third kappa shape index (κ3) is 2.05. The van der Waals surface area contributed by atoms with Gasteiger partial charge in [-0.1, -0.05) is 12.8 Å². The first-order valence-electron chi connectivity index (χ1n) is 4.67. The highest BCUT2D eigenvalue weighted by atomic mass is 32.2. The summed E-state index contributed by atoms with van der Waals surface area (Å²) in [6.07, 6.45) is 6.73. The summed E-state index contributed by atoms with van der Waals surface area (Å²) in [5.41, 5.74) is -0.824. The summed E-state index contributed by atoms with van der Waals surface area (Å²) in [5.74, 6) is 2.68. The average molecular weight is 213 g/mol. The second-order valence-electron chi connectivity index (χ2n) is 3.45. The summed E-state index contributed by atoms with van der Waals surface area (Å²) in [7, 11) is 0. The fraction of sp³-hybridized carbons (Fsp3) is 0.700. The molecule has 0 aromatic heterocycles. The van der Waals surface area contributed by atoms with Gasteiger partial charge in [0.2, 0.25) is 0 Å². The summed E-state index contributed by atoms with van der Waals surface area (Å²) >= 11 is 1.69. The van der Waals surface area contributed by atoms with Gasteiger partial charge in [0, 0.05) is 5.25 Å². The van der Waals surface area contributed by atoms with Crippen LogP contribution in [0.15, 0.2) is 0 Å². The largest absolute Gasteiger partial charge is 0.480 e. The number of thioether (sulfide) groups is 1. The number of aliphatic carboxylic acids is 1. The molecule has 0 radical (unpaired) electrons. The lowest BCUT2D eigenvalue weighted by molar-refractivity contribution is -0.145. The maximum Gasteiger partial charge on any atom is 0.325 e. The van der Waals surface area contributed by atoms with E-state index in [4.69, 9.17) is 6.42 Å². The summed E-state index contributed by atoms with van der Waals surface area (Å²) in [6, 6.07) is 0. The van der Waals surface area contributed by atoms with Crippen molar-refractivity contribution >= 4 is 17.7 Å². The molecular weight excluding hydrogens is 198 g/mol. The predicted molar refractivity (Wildman–Crippen MR) is 58.4 cm³/mol. The molecule has 0 aromatic carbocycles. The highest BCUT2D eigenvalue weighted by Gasteiger charge is 2.45. The molecule has 0 aromatic rings. The molecule has 0 spiro atoms. The lowest BCUT2D eigenvalue weighted by Crippen LogP contribution is -2.59. The lowest BCUT2D eigenvalue weighted by atomic mass is 9.89. The molecular formula is C10H15NO2S. The Kier molecular flexibility index (Phi) is 3.85. The molecule has 2 atom stereocenters. The van der Waals surface area contributed by atoms with E-state index < -0.39 is 11.5 Å². The number of carbonyl (C=O) groups is 1. The number of terminal acetylenes is 1. The van der Waals surface area contributed by atoms with E-state index in [1.54, 1.807) is 11.8 Å². The molecule has 2 N–H and O–H groups in total. The molecule has 0 amide bonds. The van der Waals surface area contributed by atoms with Crippen LogP contribution in [0, 0.1) is 12.3 Å². The van der Waals surface area contributed by atoms with Crippen molar-refractivity contribution in [3.8, 4) is 12.3 Å². The topological polar surface area (TPSA) is 49.3 Å². The Morgan fingerprint density at radius 3 is 3.07 bits per heavy atom. The number of carboxylic acids is 1. The minimum absolute atomic E-state index is 0.0714. The van der Waals surface area contributed by atoms with Gasteiger partial charge in [-0.2, -0.15) is 11.8 Å². The molecule has 4 heteroatoms. The summed E-state index contributed by atoms with van der Waals surface area (Å²) in [6.45, 7) is 2.26. The molecule has 78 valence electrons. The van der Waals surface area contributed by atoms with E-state index in [9.17, 15) is 9.90 Å². The van der Waals surface area contributed by atoms with Crippen molar-refractivity contribution in [2.75, 3.05) is 12.3 Å². The minimum atomic E-state index is -0.824. The van der Waals surface area contributed by atoms with Gasteiger partial charge in [0.25, 0.3) is 0 Å².